The van der Waals surface area contributed by atoms with Crippen LogP contribution in [0.15, 0.2) is 72.8 Å². The van der Waals surface area contributed by atoms with E-state index in [9.17, 15) is 14.7 Å². The molecule has 6 nitrogen and oxygen atoms in total. The van der Waals surface area contributed by atoms with Crippen molar-refractivity contribution in [1.29, 1.82) is 5.26 Å². The van der Waals surface area contributed by atoms with Crippen LogP contribution in [0.1, 0.15) is 0 Å². The van der Waals surface area contributed by atoms with E-state index < -0.39 is 14.2 Å². The third-order valence-electron chi connectivity index (χ3n) is 4.86. The smallest absolute Gasteiger partial charge is 0.415 e. The minimum Gasteiger partial charge on any atom is -0.415 e. The van der Waals surface area contributed by atoms with Crippen LogP contribution in [0.25, 0.3) is 32.7 Å². The molecular formula is C22H13NO5P+. The van der Waals surface area contributed by atoms with Crippen LogP contribution >= 0.6 is 8.25 Å². The lowest BCUT2D eigenvalue weighted by molar-refractivity contribution is -0.205. The van der Waals surface area contributed by atoms with Gasteiger partial charge in [-0.2, -0.15) is 5.26 Å². The Morgan fingerprint density at radius 2 is 1.31 bits per heavy atom. The van der Waals surface area contributed by atoms with Crippen LogP contribution in [0.4, 0.5) is 0 Å². The number of ether oxygens (including phenoxy) is 2. The summed E-state index contributed by atoms with van der Waals surface area (Å²) in [6.07, 6.45) is 0. The van der Waals surface area contributed by atoms with Gasteiger partial charge in [-0.3, -0.25) is 0 Å². The van der Waals surface area contributed by atoms with E-state index in [2.05, 4.69) is 0 Å². The van der Waals surface area contributed by atoms with Gasteiger partial charge < -0.3 is 9.47 Å². The number of hydrogen-bond donors (Lipinski definition) is 1. The molecule has 5 rings (SSSR count). The molecule has 1 N–H and O–H groups in total. The maximum absolute atomic E-state index is 11.4. The van der Waals surface area contributed by atoms with Crippen molar-refractivity contribution in [3.63, 3.8) is 0 Å². The monoisotopic (exact) mass is 402 g/mol. The first kappa shape index (κ1) is 17.6. The summed E-state index contributed by atoms with van der Waals surface area (Å²) in [6, 6.07) is 24.4. The lowest BCUT2D eigenvalue weighted by Crippen LogP contribution is -2.41. The van der Waals surface area contributed by atoms with Crippen molar-refractivity contribution in [1.82, 2.24) is 0 Å². The number of benzene rings is 4. The summed E-state index contributed by atoms with van der Waals surface area (Å²) in [6.45, 7) is 0. The van der Waals surface area contributed by atoms with E-state index in [0.29, 0.717) is 11.5 Å². The zero-order valence-electron chi connectivity index (χ0n) is 14.9. The van der Waals surface area contributed by atoms with Crippen molar-refractivity contribution in [2.45, 2.75) is 5.97 Å². The van der Waals surface area contributed by atoms with Gasteiger partial charge in [0.25, 0.3) is 0 Å². The predicted octanol–water partition coefficient (Wildman–Crippen LogP) is 5.27. The fraction of sp³-hybridized carbons (Fsp3) is 0.0455. The van der Waals surface area contributed by atoms with Gasteiger partial charge in [-0.05, 0) is 38.2 Å². The molecule has 140 valence electrons. The third kappa shape index (κ3) is 2.81. The molecule has 0 aliphatic carbocycles. The van der Waals surface area contributed by atoms with Gasteiger partial charge in [-0.15, -0.1) is 4.89 Å². The molecule has 0 amide bonds. The second-order valence-electron chi connectivity index (χ2n) is 6.52. The Hall–Kier alpha value is -3.49. The largest absolute Gasteiger partial charge is 0.703 e. The van der Waals surface area contributed by atoms with Crippen LogP contribution in [-0.2, 0) is 9.09 Å². The summed E-state index contributed by atoms with van der Waals surface area (Å²) < 4.78 is 27.9. The van der Waals surface area contributed by atoms with Gasteiger partial charge >= 0.3 is 14.2 Å². The van der Waals surface area contributed by atoms with Gasteiger partial charge in [0.05, 0.1) is 0 Å². The average Bonchev–Trinajstić information content (AvgIpc) is 2.87. The van der Waals surface area contributed by atoms with Gasteiger partial charge in [0.2, 0.25) is 0 Å². The minimum absolute atomic E-state index is 0.317. The maximum atomic E-state index is 11.4. The first-order chi connectivity index (χ1) is 14.1. The Morgan fingerprint density at radius 3 is 1.76 bits per heavy atom. The van der Waals surface area contributed by atoms with Gasteiger partial charge in [0.1, 0.15) is 11.5 Å². The number of hydrogen-bond acceptors (Lipinski definition) is 5. The fourth-order valence-electron chi connectivity index (χ4n) is 3.71. The Bertz CT molecular complexity index is 1260. The fourth-order valence-corrected chi connectivity index (χ4v) is 4.03. The summed E-state index contributed by atoms with van der Waals surface area (Å²) in [5.41, 5.74) is 1.45. The molecule has 0 fully saturated rings. The predicted molar refractivity (Wildman–Crippen MR) is 107 cm³/mol. The van der Waals surface area contributed by atoms with Crippen molar-refractivity contribution in [3.05, 3.63) is 72.8 Å². The summed E-state index contributed by atoms with van der Waals surface area (Å²) in [4.78, 5) is 9.31. The molecule has 4 aromatic carbocycles. The Balaban J connectivity index is 1.93. The standard InChI is InChI=1S/C22H12NO5P/c23-13-22(28-29(24)25)26-18-11-9-14-5-1-3-7-16(14)20(18)21-17-8-4-2-6-15(17)10-12-19(21)27-22/h1-12H/p+1. The molecule has 1 unspecified atom stereocenters. The van der Waals surface area contributed by atoms with Crippen molar-refractivity contribution >= 4 is 29.8 Å². The molecule has 0 saturated carbocycles. The molecule has 29 heavy (non-hydrogen) atoms. The molecule has 0 saturated heterocycles. The second-order valence-corrected chi connectivity index (χ2v) is 7.18. The van der Waals surface area contributed by atoms with Crippen LogP contribution in [0.3, 0.4) is 0 Å². The van der Waals surface area contributed by atoms with E-state index in [1.54, 1.807) is 18.2 Å². The molecule has 7 heteroatoms. The summed E-state index contributed by atoms with van der Waals surface area (Å²) in [5, 5.41) is 13.5. The van der Waals surface area contributed by atoms with Crippen LogP contribution < -0.4 is 9.47 Å². The summed E-state index contributed by atoms with van der Waals surface area (Å²) in [7, 11) is -3.16. The van der Waals surface area contributed by atoms with Gasteiger partial charge in [0, 0.05) is 15.7 Å². The number of nitrogens with zero attached hydrogens (tertiary/aromatic N) is 1. The summed E-state index contributed by atoms with van der Waals surface area (Å²) in [5.74, 6) is -1.76. The third-order valence-corrected chi connectivity index (χ3v) is 5.25. The van der Waals surface area contributed by atoms with E-state index >= 15 is 0 Å². The molecular weight excluding hydrogens is 389 g/mol. The van der Waals surface area contributed by atoms with Gasteiger partial charge in [-0.25, -0.2) is 0 Å². The highest BCUT2D eigenvalue weighted by Gasteiger charge is 2.50. The van der Waals surface area contributed by atoms with E-state index in [4.69, 9.17) is 14.0 Å². The normalized spacial score (nSPS) is 14.7. The lowest BCUT2D eigenvalue weighted by Gasteiger charge is -2.20. The Kier molecular flexibility index (Phi) is 3.97. The van der Waals surface area contributed by atoms with Gasteiger partial charge in [-0.1, -0.05) is 60.7 Å². The van der Waals surface area contributed by atoms with Crippen LogP contribution in [0.5, 0.6) is 11.5 Å². The maximum Gasteiger partial charge on any atom is 0.703 e. The highest BCUT2D eigenvalue weighted by Crippen LogP contribution is 2.50. The highest BCUT2D eigenvalue weighted by molar-refractivity contribution is 7.32. The minimum atomic E-state index is -3.16. The van der Waals surface area contributed by atoms with Crippen LogP contribution in [-0.4, -0.2) is 10.9 Å². The number of rotatable bonds is 2. The SMILES string of the molecule is N#CC1(O[P+](=O)O)Oc2ccc3ccccc3c2-c2c(ccc3ccccc23)O1. The molecule has 0 aromatic heterocycles. The van der Waals surface area contributed by atoms with Crippen molar-refractivity contribution in [2.24, 2.45) is 0 Å². The quantitative estimate of drug-likeness (QED) is 0.459. The van der Waals surface area contributed by atoms with E-state index in [1.165, 1.54) is 0 Å². The molecule has 1 aliphatic heterocycles. The van der Waals surface area contributed by atoms with E-state index in [-0.39, 0.29) is 0 Å². The Morgan fingerprint density at radius 1 is 0.828 bits per heavy atom. The van der Waals surface area contributed by atoms with Crippen molar-refractivity contribution < 1.29 is 23.5 Å². The first-order valence-electron chi connectivity index (χ1n) is 8.79. The zero-order chi connectivity index (χ0) is 20.0. The molecule has 1 atom stereocenters. The molecule has 1 heterocycles. The second kappa shape index (κ2) is 6.54. The Labute approximate surface area is 166 Å². The van der Waals surface area contributed by atoms with E-state index in [1.807, 2.05) is 60.7 Å². The van der Waals surface area contributed by atoms with Crippen molar-refractivity contribution in [3.8, 4) is 28.7 Å². The summed E-state index contributed by atoms with van der Waals surface area (Å²) >= 11 is 0. The van der Waals surface area contributed by atoms with Crippen molar-refractivity contribution in [2.75, 3.05) is 0 Å². The molecule has 4 aromatic rings. The zero-order valence-corrected chi connectivity index (χ0v) is 15.8. The number of fused-ring (bicyclic) bond motifs is 7. The molecule has 0 radical (unpaired) electrons. The molecule has 0 bridgehead atoms. The first-order valence-corrected chi connectivity index (χ1v) is 9.92. The highest BCUT2D eigenvalue weighted by atomic mass is 31.1. The topological polar surface area (TPSA) is 88.8 Å². The lowest BCUT2D eigenvalue weighted by atomic mass is 9.92. The van der Waals surface area contributed by atoms with E-state index in [0.717, 1.165) is 32.7 Å². The average molecular weight is 402 g/mol. The number of nitriles is 1. The molecule has 1 aliphatic rings. The molecule has 0 spiro atoms. The van der Waals surface area contributed by atoms with Gasteiger partial charge in [0.15, 0.2) is 6.07 Å². The van der Waals surface area contributed by atoms with Crippen LogP contribution in [0.2, 0.25) is 0 Å². The van der Waals surface area contributed by atoms with Crippen LogP contribution in [0, 0.1) is 11.3 Å².